The van der Waals surface area contributed by atoms with E-state index in [9.17, 15) is 9.59 Å². The Morgan fingerprint density at radius 1 is 1.11 bits per heavy atom. The number of nitrogens with zero attached hydrogens (tertiary/aromatic N) is 4. The standard InChI is InChI=1S/C20H25N5O3/c1-15(26)24-9-11-25(12-10-24)20-22-13-17(14-23-20)19(27)21-8-7-16-5-3-4-6-18(16)28-2/h3-6,13-14H,7-12H2,1-2H3,(H,21,27). The average molecular weight is 383 g/mol. The van der Waals surface area contributed by atoms with Crippen LogP contribution < -0.4 is 15.0 Å². The van der Waals surface area contributed by atoms with Crippen LogP contribution in [0.3, 0.4) is 0 Å². The molecule has 1 aromatic heterocycles. The molecule has 28 heavy (non-hydrogen) atoms. The van der Waals surface area contributed by atoms with Crippen molar-refractivity contribution in [3.63, 3.8) is 0 Å². The van der Waals surface area contributed by atoms with E-state index in [0.717, 1.165) is 11.3 Å². The molecule has 8 nitrogen and oxygen atoms in total. The van der Waals surface area contributed by atoms with Gasteiger partial charge in [-0.3, -0.25) is 9.59 Å². The highest BCUT2D eigenvalue weighted by atomic mass is 16.5. The van der Waals surface area contributed by atoms with Crippen molar-refractivity contribution in [2.45, 2.75) is 13.3 Å². The smallest absolute Gasteiger partial charge is 0.254 e. The summed E-state index contributed by atoms with van der Waals surface area (Å²) in [6, 6.07) is 7.75. The molecule has 2 aromatic rings. The van der Waals surface area contributed by atoms with Crippen LogP contribution in [-0.4, -0.2) is 66.5 Å². The third-order valence-corrected chi connectivity index (χ3v) is 4.78. The molecule has 0 saturated carbocycles. The molecule has 1 aliphatic rings. The second kappa shape index (κ2) is 9.16. The minimum Gasteiger partial charge on any atom is -0.496 e. The van der Waals surface area contributed by atoms with Crippen LogP contribution in [0.4, 0.5) is 5.95 Å². The molecule has 8 heteroatoms. The first-order valence-electron chi connectivity index (χ1n) is 9.31. The number of methoxy groups -OCH3 is 1. The van der Waals surface area contributed by atoms with Crippen LogP contribution in [0.15, 0.2) is 36.7 Å². The summed E-state index contributed by atoms with van der Waals surface area (Å²) in [5, 5.41) is 2.88. The number of nitrogens with one attached hydrogen (secondary N) is 1. The zero-order valence-electron chi connectivity index (χ0n) is 16.2. The first kappa shape index (κ1) is 19.6. The normalized spacial score (nSPS) is 13.9. The van der Waals surface area contributed by atoms with Gasteiger partial charge in [0.1, 0.15) is 5.75 Å². The van der Waals surface area contributed by atoms with Crippen molar-refractivity contribution in [1.82, 2.24) is 20.2 Å². The van der Waals surface area contributed by atoms with Crippen molar-refractivity contribution in [2.75, 3.05) is 44.7 Å². The quantitative estimate of drug-likeness (QED) is 0.805. The second-order valence-electron chi connectivity index (χ2n) is 6.58. The third-order valence-electron chi connectivity index (χ3n) is 4.78. The number of para-hydroxylation sites is 1. The van der Waals surface area contributed by atoms with Crippen LogP contribution in [0.5, 0.6) is 5.75 Å². The Hall–Kier alpha value is -3.16. The fourth-order valence-electron chi connectivity index (χ4n) is 3.15. The summed E-state index contributed by atoms with van der Waals surface area (Å²) in [5.41, 5.74) is 1.47. The number of amides is 2. The molecule has 1 saturated heterocycles. The molecule has 1 aromatic carbocycles. The molecule has 2 amide bonds. The van der Waals surface area contributed by atoms with Gasteiger partial charge in [0.15, 0.2) is 0 Å². The fraction of sp³-hybridized carbons (Fsp3) is 0.400. The highest BCUT2D eigenvalue weighted by Crippen LogP contribution is 2.17. The molecule has 0 bridgehead atoms. The van der Waals surface area contributed by atoms with E-state index in [1.165, 1.54) is 12.4 Å². The average Bonchev–Trinajstić information content (AvgIpc) is 2.74. The van der Waals surface area contributed by atoms with E-state index in [1.54, 1.807) is 18.9 Å². The number of carbonyl (C=O) groups excluding carboxylic acids is 2. The number of aromatic nitrogens is 2. The molecule has 0 aliphatic carbocycles. The molecule has 0 spiro atoms. The van der Waals surface area contributed by atoms with E-state index < -0.39 is 0 Å². The maximum atomic E-state index is 12.3. The van der Waals surface area contributed by atoms with Crippen LogP contribution in [0.1, 0.15) is 22.8 Å². The van der Waals surface area contributed by atoms with Crippen LogP contribution in [0.2, 0.25) is 0 Å². The first-order chi connectivity index (χ1) is 13.6. The van der Waals surface area contributed by atoms with Gasteiger partial charge in [0, 0.05) is 52.0 Å². The first-order valence-corrected chi connectivity index (χ1v) is 9.31. The van der Waals surface area contributed by atoms with Gasteiger partial charge in [0.25, 0.3) is 5.91 Å². The molecule has 2 heterocycles. The van der Waals surface area contributed by atoms with Gasteiger partial charge in [-0.25, -0.2) is 9.97 Å². The predicted molar refractivity (Wildman–Crippen MR) is 106 cm³/mol. The summed E-state index contributed by atoms with van der Waals surface area (Å²) in [5.74, 6) is 1.27. The number of hydrogen-bond donors (Lipinski definition) is 1. The van der Waals surface area contributed by atoms with Crippen LogP contribution in [-0.2, 0) is 11.2 Å². The molecule has 1 aliphatic heterocycles. The van der Waals surface area contributed by atoms with Gasteiger partial charge in [-0.05, 0) is 18.1 Å². The number of anilines is 1. The van der Waals surface area contributed by atoms with Gasteiger partial charge < -0.3 is 19.9 Å². The highest BCUT2D eigenvalue weighted by Gasteiger charge is 2.20. The minimum atomic E-state index is -0.206. The molecule has 148 valence electrons. The maximum Gasteiger partial charge on any atom is 0.254 e. The van der Waals surface area contributed by atoms with Crippen molar-refractivity contribution >= 4 is 17.8 Å². The van der Waals surface area contributed by atoms with Gasteiger partial charge in [0.2, 0.25) is 11.9 Å². The Balaban J connectivity index is 1.50. The number of piperazine rings is 1. The molecule has 0 radical (unpaired) electrons. The van der Waals surface area contributed by atoms with Gasteiger partial charge in [-0.1, -0.05) is 18.2 Å². The number of carbonyl (C=O) groups is 2. The molecular weight excluding hydrogens is 358 g/mol. The summed E-state index contributed by atoms with van der Waals surface area (Å²) in [7, 11) is 1.64. The molecule has 0 atom stereocenters. The van der Waals surface area contributed by atoms with Crippen molar-refractivity contribution < 1.29 is 14.3 Å². The summed E-state index contributed by atoms with van der Waals surface area (Å²) in [6.45, 7) is 4.75. The van der Waals surface area contributed by atoms with E-state index in [-0.39, 0.29) is 11.8 Å². The Labute approximate surface area is 164 Å². The van der Waals surface area contributed by atoms with Crippen LogP contribution in [0, 0.1) is 0 Å². The van der Waals surface area contributed by atoms with E-state index >= 15 is 0 Å². The fourth-order valence-corrected chi connectivity index (χ4v) is 3.15. The number of benzene rings is 1. The van der Waals surface area contributed by atoms with E-state index in [4.69, 9.17) is 4.74 Å². The Kier molecular flexibility index (Phi) is 6.41. The van der Waals surface area contributed by atoms with E-state index in [1.807, 2.05) is 29.2 Å². The lowest BCUT2D eigenvalue weighted by Crippen LogP contribution is -2.48. The number of rotatable bonds is 6. The zero-order chi connectivity index (χ0) is 19.9. The van der Waals surface area contributed by atoms with Crippen LogP contribution >= 0.6 is 0 Å². The van der Waals surface area contributed by atoms with Gasteiger partial charge in [-0.2, -0.15) is 0 Å². The largest absolute Gasteiger partial charge is 0.496 e. The highest BCUT2D eigenvalue weighted by molar-refractivity contribution is 5.93. The summed E-state index contributed by atoms with van der Waals surface area (Å²) < 4.78 is 5.32. The van der Waals surface area contributed by atoms with Gasteiger partial charge >= 0.3 is 0 Å². The summed E-state index contributed by atoms with van der Waals surface area (Å²) in [4.78, 5) is 36.2. The third kappa shape index (κ3) is 4.76. The SMILES string of the molecule is COc1ccccc1CCNC(=O)c1cnc(N2CCN(C(C)=O)CC2)nc1. The van der Waals surface area contributed by atoms with Crippen molar-refractivity contribution in [3.8, 4) is 5.75 Å². The molecule has 0 unspecified atom stereocenters. The van der Waals surface area contributed by atoms with Crippen molar-refractivity contribution in [1.29, 1.82) is 0 Å². The lowest BCUT2D eigenvalue weighted by molar-refractivity contribution is -0.129. The predicted octanol–water partition coefficient (Wildman–Crippen LogP) is 1.13. The number of hydrogen-bond acceptors (Lipinski definition) is 6. The second-order valence-corrected chi connectivity index (χ2v) is 6.58. The molecular formula is C20H25N5O3. The maximum absolute atomic E-state index is 12.3. The van der Waals surface area contributed by atoms with E-state index in [0.29, 0.717) is 50.7 Å². The summed E-state index contributed by atoms with van der Waals surface area (Å²) in [6.07, 6.45) is 3.76. The topological polar surface area (TPSA) is 87.7 Å². The van der Waals surface area contributed by atoms with Gasteiger partial charge in [0.05, 0.1) is 12.7 Å². The molecule has 1 fully saturated rings. The monoisotopic (exact) mass is 383 g/mol. The number of ether oxygens (including phenoxy) is 1. The minimum absolute atomic E-state index is 0.0840. The van der Waals surface area contributed by atoms with Crippen LogP contribution in [0.25, 0.3) is 0 Å². The zero-order valence-corrected chi connectivity index (χ0v) is 16.2. The Bertz CT molecular complexity index is 817. The van der Waals surface area contributed by atoms with Gasteiger partial charge in [-0.15, -0.1) is 0 Å². The lowest BCUT2D eigenvalue weighted by atomic mass is 10.1. The molecule has 3 rings (SSSR count). The van der Waals surface area contributed by atoms with Crippen molar-refractivity contribution in [2.24, 2.45) is 0 Å². The Morgan fingerprint density at radius 3 is 2.43 bits per heavy atom. The van der Waals surface area contributed by atoms with Crippen molar-refractivity contribution in [3.05, 3.63) is 47.8 Å². The lowest BCUT2D eigenvalue weighted by Gasteiger charge is -2.34. The Morgan fingerprint density at radius 2 is 1.79 bits per heavy atom. The van der Waals surface area contributed by atoms with E-state index in [2.05, 4.69) is 15.3 Å². The summed E-state index contributed by atoms with van der Waals surface area (Å²) >= 11 is 0. The molecule has 1 N–H and O–H groups in total.